The van der Waals surface area contributed by atoms with E-state index in [4.69, 9.17) is 11.6 Å². The second kappa shape index (κ2) is 4.99. The molecule has 0 spiro atoms. The van der Waals surface area contributed by atoms with Crippen LogP contribution in [0, 0.1) is 11.8 Å². The van der Waals surface area contributed by atoms with E-state index in [0.717, 1.165) is 23.4 Å². The van der Waals surface area contributed by atoms with Crippen molar-refractivity contribution in [3.63, 3.8) is 0 Å². The molecule has 0 saturated heterocycles. The molecule has 17 heavy (non-hydrogen) atoms. The van der Waals surface area contributed by atoms with Crippen LogP contribution in [0.5, 0.6) is 0 Å². The summed E-state index contributed by atoms with van der Waals surface area (Å²) in [6, 6.07) is 8.40. The van der Waals surface area contributed by atoms with E-state index in [1.807, 2.05) is 19.2 Å². The first-order valence-corrected chi connectivity index (χ1v) is 6.86. The number of hydrogen-bond donors (Lipinski definition) is 1. The molecule has 2 rings (SSSR count). The predicted molar refractivity (Wildman–Crippen MR) is 74.6 cm³/mol. The molecule has 1 aromatic rings. The van der Waals surface area contributed by atoms with Crippen molar-refractivity contribution in [3.8, 4) is 0 Å². The summed E-state index contributed by atoms with van der Waals surface area (Å²) in [5.74, 6) is 1.67. The number of nitrogens with one attached hydrogen (secondary N) is 1. The molecular formula is C15H22ClN. The standard InChI is InChI=1S/C15H22ClN/c1-11(2)12-8-15(9-12,10-17-3)13-4-6-14(16)7-5-13/h4-7,11-12,17H,8-10H2,1-3H3. The largest absolute Gasteiger partial charge is 0.319 e. The highest BCUT2D eigenvalue weighted by Gasteiger charge is 2.45. The summed E-state index contributed by atoms with van der Waals surface area (Å²) < 4.78 is 0. The van der Waals surface area contributed by atoms with Gasteiger partial charge >= 0.3 is 0 Å². The minimum Gasteiger partial charge on any atom is -0.319 e. The number of benzene rings is 1. The molecule has 1 aliphatic carbocycles. The third-order valence-electron chi connectivity index (χ3n) is 4.22. The molecule has 0 bridgehead atoms. The van der Waals surface area contributed by atoms with Crippen LogP contribution >= 0.6 is 11.6 Å². The molecule has 94 valence electrons. The molecule has 1 aliphatic rings. The molecule has 1 aromatic carbocycles. The van der Waals surface area contributed by atoms with E-state index in [0.29, 0.717) is 5.41 Å². The molecule has 2 heteroatoms. The fourth-order valence-corrected chi connectivity index (χ4v) is 3.17. The minimum atomic E-state index is 0.342. The number of hydrogen-bond acceptors (Lipinski definition) is 1. The van der Waals surface area contributed by atoms with Gasteiger partial charge in [-0.1, -0.05) is 37.6 Å². The summed E-state index contributed by atoms with van der Waals surface area (Å²) in [7, 11) is 2.04. The van der Waals surface area contributed by atoms with Gasteiger partial charge in [-0.05, 0) is 49.4 Å². The second-order valence-electron chi connectivity index (χ2n) is 5.73. The van der Waals surface area contributed by atoms with Gasteiger partial charge in [0.2, 0.25) is 0 Å². The summed E-state index contributed by atoms with van der Waals surface area (Å²) in [5, 5.41) is 4.18. The van der Waals surface area contributed by atoms with Crippen LogP contribution < -0.4 is 5.32 Å². The molecule has 0 atom stereocenters. The van der Waals surface area contributed by atoms with E-state index in [2.05, 4.69) is 31.3 Å². The Morgan fingerprint density at radius 1 is 1.29 bits per heavy atom. The molecule has 0 aliphatic heterocycles. The third-order valence-corrected chi connectivity index (χ3v) is 4.47. The zero-order valence-electron chi connectivity index (χ0n) is 11.0. The van der Waals surface area contributed by atoms with Gasteiger partial charge in [0.05, 0.1) is 0 Å². The van der Waals surface area contributed by atoms with Gasteiger partial charge in [0.1, 0.15) is 0 Å². The molecule has 1 N–H and O–H groups in total. The Hall–Kier alpha value is -0.530. The van der Waals surface area contributed by atoms with E-state index in [1.165, 1.54) is 18.4 Å². The Labute approximate surface area is 110 Å². The summed E-state index contributed by atoms with van der Waals surface area (Å²) in [6.07, 6.45) is 2.60. The van der Waals surface area contributed by atoms with Gasteiger partial charge in [-0.3, -0.25) is 0 Å². The molecule has 1 saturated carbocycles. The number of halogens is 1. The number of rotatable bonds is 4. The van der Waals surface area contributed by atoms with E-state index in [-0.39, 0.29) is 0 Å². The zero-order valence-corrected chi connectivity index (χ0v) is 11.7. The first-order chi connectivity index (χ1) is 8.07. The van der Waals surface area contributed by atoms with Crippen molar-refractivity contribution in [2.45, 2.75) is 32.1 Å². The molecule has 0 heterocycles. The highest BCUT2D eigenvalue weighted by molar-refractivity contribution is 6.30. The summed E-state index contributed by atoms with van der Waals surface area (Å²) in [4.78, 5) is 0. The normalized spacial score (nSPS) is 28.2. The van der Waals surface area contributed by atoms with Gasteiger partial charge in [0, 0.05) is 17.0 Å². The number of likely N-dealkylation sites (N-methyl/N-ethyl adjacent to an activating group) is 1. The van der Waals surface area contributed by atoms with Crippen LogP contribution in [0.3, 0.4) is 0 Å². The summed E-state index contributed by atoms with van der Waals surface area (Å²) >= 11 is 5.96. The molecule has 0 radical (unpaired) electrons. The third kappa shape index (κ3) is 2.51. The van der Waals surface area contributed by atoms with Crippen molar-refractivity contribution in [1.29, 1.82) is 0 Å². The van der Waals surface area contributed by atoms with E-state index in [9.17, 15) is 0 Å². The molecular weight excluding hydrogens is 230 g/mol. The Bertz CT molecular complexity index is 363. The maximum Gasteiger partial charge on any atom is 0.0406 e. The van der Waals surface area contributed by atoms with Crippen molar-refractivity contribution in [1.82, 2.24) is 5.32 Å². The maximum absolute atomic E-state index is 5.96. The predicted octanol–water partition coefficient (Wildman–Crippen LogP) is 3.86. The Morgan fingerprint density at radius 2 is 1.88 bits per heavy atom. The smallest absolute Gasteiger partial charge is 0.0406 e. The van der Waals surface area contributed by atoms with Gasteiger partial charge < -0.3 is 5.32 Å². The summed E-state index contributed by atoms with van der Waals surface area (Å²) in [5.41, 5.74) is 1.78. The van der Waals surface area contributed by atoms with Crippen LogP contribution in [0.25, 0.3) is 0 Å². The highest BCUT2D eigenvalue weighted by atomic mass is 35.5. The summed E-state index contributed by atoms with van der Waals surface area (Å²) in [6.45, 7) is 5.73. The van der Waals surface area contributed by atoms with Crippen LogP contribution in [0.1, 0.15) is 32.3 Å². The van der Waals surface area contributed by atoms with E-state index >= 15 is 0 Å². The lowest BCUT2D eigenvalue weighted by molar-refractivity contribution is 0.0996. The monoisotopic (exact) mass is 251 g/mol. The van der Waals surface area contributed by atoms with Crippen molar-refractivity contribution >= 4 is 11.6 Å². The average molecular weight is 252 g/mol. The Balaban J connectivity index is 2.16. The highest BCUT2D eigenvalue weighted by Crippen LogP contribution is 2.50. The van der Waals surface area contributed by atoms with Gasteiger partial charge in [0.15, 0.2) is 0 Å². The average Bonchev–Trinajstić information content (AvgIpc) is 2.23. The zero-order chi connectivity index (χ0) is 12.5. The first kappa shape index (κ1) is 12.9. The lowest BCUT2D eigenvalue weighted by Gasteiger charge is -2.50. The molecule has 0 unspecified atom stereocenters. The quantitative estimate of drug-likeness (QED) is 0.857. The SMILES string of the molecule is CNCC1(c2ccc(Cl)cc2)CC(C(C)C)C1. The van der Waals surface area contributed by atoms with Crippen LogP contribution in [0.15, 0.2) is 24.3 Å². The fourth-order valence-electron chi connectivity index (χ4n) is 3.04. The van der Waals surface area contributed by atoms with Crippen LogP contribution in [-0.2, 0) is 5.41 Å². The van der Waals surface area contributed by atoms with E-state index in [1.54, 1.807) is 0 Å². The second-order valence-corrected chi connectivity index (χ2v) is 6.17. The van der Waals surface area contributed by atoms with Crippen LogP contribution in [-0.4, -0.2) is 13.6 Å². The van der Waals surface area contributed by atoms with Gasteiger partial charge in [0.25, 0.3) is 0 Å². The van der Waals surface area contributed by atoms with Gasteiger partial charge in [-0.25, -0.2) is 0 Å². The topological polar surface area (TPSA) is 12.0 Å². The van der Waals surface area contributed by atoms with Crippen molar-refractivity contribution in [2.75, 3.05) is 13.6 Å². The molecule has 0 aromatic heterocycles. The lowest BCUT2D eigenvalue weighted by Crippen LogP contribution is -2.49. The van der Waals surface area contributed by atoms with Crippen molar-refractivity contribution in [3.05, 3.63) is 34.9 Å². The van der Waals surface area contributed by atoms with Gasteiger partial charge in [-0.15, -0.1) is 0 Å². The fraction of sp³-hybridized carbons (Fsp3) is 0.600. The van der Waals surface area contributed by atoms with Gasteiger partial charge in [-0.2, -0.15) is 0 Å². The Morgan fingerprint density at radius 3 is 2.35 bits per heavy atom. The lowest BCUT2D eigenvalue weighted by atomic mass is 9.56. The first-order valence-electron chi connectivity index (χ1n) is 6.48. The minimum absolute atomic E-state index is 0.342. The molecule has 1 fully saturated rings. The maximum atomic E-state index is 5.96. The van der Waals surface area contributed by atoms with Crippen molar-refractivity contribution in [2.24, 2.45) is 11.8 Å². The van der Waals surface area contributed by atoms with Crippen LogP contribution in [0.4, 0.5) is 0 Å². The van der Waals surface area contributed by atoms with Crippen LogP contribution in [0.2, 0.25) is 5.02 Å². The molecule has 0 amide bonds. The molecule has 1 nitrogen and oxygen atoms in total. The van der Waals surface area contributed by atoms with E-state index < -0.39 is 0 Å². The van der Waals surface area contributed by atoms with Crippen molar-refractivity contribution < 1.29 is 0 Å². The Kier molecular flexibility index (Phi) is 3.79.